The van der Waals surface area contributed by atoms with Crippen LogP contribution in [0.5, 0.6) is 0 Å². The summed E-state index contributed by atoms with van der Waals surface area (Å²) in [6.45, 7) is 3.91. The van der Waals surface area contributed by atoms with Crippen LogP contribution in [0.15, 0.2) is 84.9 Å². The minimum absolute atomic E-state index is 0.0462. The normalized spacial score (nSPS) is 10.4. The van der Waals surface area contributed by atoms with E-state index >= 15 is 0 Å². The molecule has 0 aliphatic carbocycles. The van der Waals surface area contributed by atoms with Crippen LogP contribution >= 0.6 is 0 Å². The van der Waals surface area contributed by atoms with Crippen LogP contribution < -0.4 is 16.0 Å². The zero-order chi connectivity index (χ0) is 22.3. The van der Waals surface area contributed by atoms with Crippen LogP contribution in [0, 0.1) is 13.8 Å². The first-order chi connectivity index (χ1) is 15.5. The van der Waals surface area contributed by atoms with Crippen molar-refractivity contribution in [1.29, 1.82) is 0 Å². The van der Waals surface area contributed by atoms with Gasteiger partial charge in [0.2, 0.25) is 5.91 Å². The Bertz CT molecular complexity index is 1190. The van der Waals surface area contributed by atoms with E-state index < -0.39 is 0 Å². The number of hydrogen-bond acceptors (Lipinski definition) is 5. The highest BCUT2D eigenvalue weighted by atomic mass is 16.1. The fraction of sp³-hybridized carbons (Fsp3) is 0.115. The second-order valence-corrected chi connectivity index (χ2v) is 7.59. The predicted octanol–water partition coefficient (Wildman–Crippen LogP) is 5.76. The predicted molar refractivity (Wildman–Crippen MR) is 130 cm³/mol. The summed E-state index contributed by atoms with van der Waals surface area (Å²) in [5.41, 5.74) is 4.77. The molecule has 0 saturated heterocycles. The van der Waals surface area contributed by atoms with Gasteiger partial charge < -0.3 is 16.0 Å². The van der Waals surface area contributed by atoms with E-state index in [2.05, 4.69) is 45.0 Å². The number of aryl methyl sites for hydroxylation is 2. The molecular formula is C26H25N5O. The number of nitrogens with one attached hydrogen (secondary N) is 3. The van der Waals surface area contributed by atoms with Crippen molar-refractivity contribution in [2.45, 2.75) is 20.3 Å². The topological polar surface area (TPSA) is 78.9 Å². The van der Waals surface area contributed by atoms with E-state index in [-0.39, 0.29) is 5.91 Å². The molecule has 0 atom stereocenters. The third-order valence-corrected chi connectivity index (χ3v) is 4.81. The maximum atomic E-state index is 12.3. The summed E-state index contributed by atoms with van der Waals surface area (Å²) in [5, 5.41) is 9.54. The molecule has 4 aromatic rings. The van der Waals surface area contributed by atoms with Crippen LogP contribution in [0.1, 0.15) is 17.0 Å². The average Bonchev–Trinajstić information content (AvgIpc) is 2.77. The molecule has 1 amide bonds. The Morgan fingerprint density at radius 1 is 0.719 bits per heavy atom. The molecule has 0 aliphatic rings. The zero-order valence-electron chi connectivity index (χ0n) is 18.1. The molecule has 0 unspecified atom stereocenters. The lowest BCUT2D eigenvalue weighted by molar-refractivity contribution is -0.115. The first-order valence-electron chi connectivity index (χ1n) is 10.4. The monoisotopic (exact) mass is 423 g/mol. The summed E-state index contributed by atoms with van der Waals surface area (Å²) >= 11 is 0. The molecule has 6 heteroatoms. The Balaban J connectivity index is 1.39. The van der Waals surface area contributed by atoms with E-state index in [4.69, 9.17) is 0 Å². The van der Waals surface area contributed by atoms with Crippen molar-refractivity contribution in [2.75, 3.05) is 16.0 Å². The van der Waals surface area contributed by atoms with Gasteiger partial charge in [0, 0.05) is 23.1 Å². The summed E-state index contributed by atoms with van der Waals surface area (Å²) in [4.78, 5) is 21.2. The minimum atomic E-state index is -0.0462. The number of amides is 1. The van der Waals surface area contributed by atoms with Crippen LogP contribution in [0.3, 0.4) is 0 Å². The molecule has 0 fully saturated rings. The third kappa shape index (κ3) is 5.92. The molecule has 0 spiro atoms. The third-order valence-electron chi connectivity index (χ3n) is 4.81. The van der Waals surface area contributed by atoms with Gasteiger partial charge in [0.15, 0.2) is 0 Å². The summed E-state index contributed by atoms with van der Waals surface area (Å²) < 4.78 is 0. The number of anilines is 5. The Labute approximate surface area is 187 Å². The van der Waals surface area contributed by atoms with Gasteiger partial charge in [0.05, 0.1) is 6.42 Å². The highest BCUT2D eigenvalue weighted by molar-refractivity contribution is 5.92. The van der Waals surface area contributed by atoms with Crippen molar-refractivity contribution in [3.8, 4) is 0 Å². The summed E-state index contributed by atoms with van der Waals surface area (Å²) in [5.74, 6) is 2.02. The number of rotatable bonds is 7. The number of carbonyl (C=O) groups is 1. The van der Waals surface area contributed by atoms with Gasteiger partial charge in [0.1, 0.15) is 17.5 Å². The van der Waals surface area contributed by atoms with Crippen molar-refractivity contribution in [1.82, 2.24) is 9.97 Å². The van der Waals surface area contributed by atoms with E-state index in [0.717, 1.165) is 22.6 Å². The van der Waals surface area contributed by atoms with Crippen LogP contribution in [0.25, 0.3) is 0 Å². The van der Waals surface area contributed by atoms with Crippen LogP contribution in [-0.2, 0) is 11.2 Å². The van der Waals surface area contributed by atoms with Crippen LogP contribution in [0.4, 0.5) is 28.7 Å². The number of hydrogen-bond donors (Lipinski definition) is 3. The van der Waals surface area contributed by atoms with Crippen molar-refractivity contribution in [2.24, 2.45) is 0 Å². The molecule has 0 radical (unpaired) electrons. The number of carbonyl (C=O) groups excluding carboxylic acids is 1. The van der Waals surface area contributed by atoms with Crippen LogP contribution in [-0.4, -0.2) is 15.9 Å². The summed E-state index contributed by atoms with van der Waals surface area (Å²) in [7, 11) is 0. The lowest BCUT2D eigenvalue weighted by atomic mass is 10.1. The minimum Gasteiger partial charge on any atom is -0.340 e. The van der Waals surface area contributed by atoms with E-state index in [1.165, 1.54) is 5.56 Å². The van der Waals surface area contributed by atoms with Gasteiger partial charge in [-0.1, -0.05) is 48.0 Å². The van der Waals surface area contributed by atoms with Gasteiger partial charge in [0.25, 0.3) is 0 Å². The Hall–Kier alpha value is -4.19. The first kappa shape index (κ1) is 21.1. The molecule has 3 N–H and O–H groups in total. The lowest BCUT2D eigenvalue weighted by Crippen LogP contribution is -2.14. The Kier molecular flexibility index (Phi) is 6.41. The maximum Gasteiger partial charge on any atom is 0.228 e. The molecule has 1 heterocycles. The maximum absolute atomic E-state index is 12.3. The van der Waals surface area contributed by atoms with Gasteiger partial charge in [-0.15, -0.1) is 0 Å². The molecule has 6 nitrogen and oxygen atoms in total. The molecule has 1 aromatic heterocycles. The number of benzene rings is 3. The molecule has 3 aromatic carbocycles. The van der Waals surface area contributed by atoms with E-state index in [0.29, 0.717) is 23.9 Å². The lowest BCUT2D eigenvalue weighted by Gasteiger charge is -2.11. The summed E-state index contributed by atoms with van der Waals surface area (Å²) in [6.07, 6.45) is 0.345. The molecule has 0 bridgehead atoms. The SMILES string of the molecule is Cc1ccc(Nc2cc(Nc3ccc(NC(=O)Cc4ccccc4)cc3)nc(C)n2)cc1. The van der Waals surface area contributed by atoms with E-state index in [1.54, 1.807) is 0 Å². The molecule has 32 heavy (non-hydrogen) atoms. The second kappa shape index (κ2) is 9.75. The largest absolute Gasteiger partial charge is 0.340 e. The van der Waals surface area contributed by atoms with Gasteiger partial charge in [-0.25, -0.2) is 9.97 Å². The van der Waals surface area contributed by atoms with Crippen LogP contribution in [0.2, 0.25) is 0 Å². The highest BCUT2D eigenvalue weighted by Gasteiger charge is 2.06. The van der Waals surface area contributed by atoms with Crippen molar-refractivity contribution < 1.29 is 4.79 Å². The van der Waals surface area contributed by atoms with Crippen molar-refractivity contribution >= 4 is 34.6 Å². The average molecular weight is 424 g/mol. The molecule has 0 aliphatic heterocycles. The molecule has 4 rings (SSSR count). The Morgan fingerprint density at radius 2 is 1.25 bits per heavy atom. The van der Waals surface area contributed by atoms with Crippen molar-refractivity contribution in [3.05, 3.63) is 102 Å². The fourth-order valence-corrected chi connectivity index (χ4v) is 3.25. The highest BCUT2D eigenvalue weighted by Crippen LogP contribution is 2.22. The smallest absolute Gasteiger partial charge is 0.228 e. The van der Waals surface area contributed by atoms with Gasteiger partial charge in [-0.05, 0) is 55.8 Å². The number of nitrogens with zero attached hydrogens (tertiary/aromatic N) is 2. The first-order valence-corrected chi connectivity index (χ1v) is 10.4. The Morgan fingerprint density at radius 3 is 1.84 bits per heavy atom. The fourth-order valence-electron chi connectivity index (χ4n) is 3.25. The zero-order valence-corrected chi connectivity index (χ0v) is 18.1. The summed E-state index contributed by atoms with van der Waals surface area (Å²) in [6, 6.07) is 27.2. The standard InChI is InChI=1S/C26H25N5O/c1-18-8-10-21(11-9-18)29-24-17-25(28-19(2)27-24)30-22-12-14-23(15-13-22)31-26(32)16-20-6-4-3-5-7-20/h3-15,17H,16H2,1-2H3,(H,31,32)(H2,27,28,29,30). The van der Waals surface area contributed by atoms with Gasteiger partial charge in [-0.3, -0.25) is 4.79 Å². The second-order valence-electron chi connectivity index (χ2n) is 7.59. The van der Waals surface area contributed by atoms with Gasteiger partial charge in [-0.2, -0.15) is 0 Å². The quantitative estimate of drug-likeness (QED) is 0.352. The van der Waals surface area contributed by atoms with Crippen molar-refractivity contribution in [3.63, 3.8) is 0 Å². The molecule has 160 valence electrons. The molecule has 0 saturated carbocycles. The van der Waals surface area contributed by atoms with E-state index in [9.17, 15) is 4.79 Å². The van der Waals surface area contributed by atoms with E-state index in [1.807, 2.05) is 79.7 Å². The number of aromatic nitrogens is 2. The van der Waals surface area contributed by atoms with Gasteiger partial charge >= 0.3 is 0 Å². The molecular weight excluding hydrogens is 398 g/mol.